The first-order chi connectivity index (χ1) is 18.7. The van der Waals surface area contributed by atoms with Crippen LogP contribution in [0.2, 0.25) is 0 Å². The van der Waals surface area contributed by atoms with Gasteiger partial charge in [0.05, 0.1) is 6.42 Å². The summed E-state index contributed by atoms with van der Waals surface area (Å²) in [6.45, 7) is -4.03. The second-order valence-corrected chi connectivity index (χ2v) is 7.91. The van der Waals surface area contributed by atoms with E-state index in [2.05, 4.69) is 9.97 Å². The zero-order valence-corrected chi connectivity index (χ0v) is 20.2. The van der Waals surface area contributed by atoms with E-state index in [9.17, 15) is 73.7 Å². The lowest BCUT2D eigenvalue weighted by Crippen LogP contribution is -2.36. The molecule has 0 bridgehead atoms. The van der Waals surface area contributed by atoms with Gasteiger partial charge in [-0.15, -0.1) is 0 Å². The molecule has 0 aliphatic heterocycles. The molecular formula is C19H18F10N6O6. The summed E-state index contributed by atoms with van der Waals surface area (Å²) < 4.78 is 123. The van der Waals surface area contributed by atoms with Crippen molar-refractivity contribution >= 4 is 23.2 Å². The van der Waals surface area contributed by atoms with Crippen LogP contribution in [0.3, 0.4) is 0 Å². The number of carbonyl (C=O) groups excluding carboxylic acids is 2. The largest absolute Gasteiger partial charge is 0.453 e. The SMILES string of the molecule is O=C(CCC(F)(F)C(F)(F)F)Cn1c([N+](=O)[O-])cnc1CF.O=C(CCC(F)(F)F)Cn1c([N+](=O)[O-])cnc1CF. The fraction of sp³-hybridized carbons (Fsp3) is 0.579. The molecule has 0 aromatic carbocycles. The number of nitrogens with zero attached hydrogens (tertiary/aromatic N) is 6. The summed E-state index contributed by atoms with van der Waals surface area (Å²) >= 11 is 0. The van der Waals surface area contributed by atoms with Gasteiger partial charge < -0.3 is 20.2 Å². The molecule has 22 heteroatoms. The van der Waals surface area contributed by atoms with E-state index in [0.717, 1.165) is 6.20 Å². The fourth-order valence-electron chi connectivity index (χ4n) is 2.89. The molecule has 0 spiro atoms. The van der Waals surface area contributed by atoms with Crippen LogP contribution in [-0.2, 0) is 36.0 Å². The molecule has 2 aromatic rings. The zero-order chi connectivity index (χ0) is 31.8. The Morgan fingerprint density at radius 3 is 1.39 bits per heavy atom. The average molecular weight is 616 g/mol. The summed E-state index contributed by atoms with van der Waals surface area (Å²) in [5.41, 5.74) is 0. The van der Waals surface area contributed by atoms with Gasteiger partial charge in [0.15, 0.2) is 38.0 Å². The third kappa shape index (κ3) is 10.4. The lowest BCUT2D eigenvalue weighted by Gasteiger charge is -2.18. The standard InChI is InChI=1S/C10H9F6N3O3.C9H9F4N3O3/c11-3-7-17-4-8(19(21)22)18(7)5-6(20)1-2-9(12,13)10(14,15)16;10-3-7-14-4-8(16(18)19)15(7)5-6(17)1-2-9(11,12)13/h4H,1-3,5H2;4H,1-3,5H2. The smallest absolute Gasteiger partial charge is 0.358 e. The number of nitro groups is 2. The molecule has 0 saturated heterocycles. The number of imidazole rings is 2. The summed E-state index contributed by atoms with van der Waals surface area (Å²) in [4.78, 5) is 48.8. The van der Waals surface area contributed by atoms with Crippen LogP contribution < -0.4 is 0 Å². The highest BCUT2D eigenvalue weighted by atomic mass is 19.4. The molecule has 0 aliphatic carbocycles. The highest BCUT2D eigenvalue weighted by Gasteiger charge is 2.56. The van der Waals surface area contributed by atoms with Crippen LogP contribution in [0, 0.1) is 20.2 Å². The summed E-state index contributed by atoms with van der Waals surface area (Å²) in [5.74, 6) is -9.33. The topological polar surface area (TPSA) is 156 Å². The maximum absolute atomic E-state index is 12.7. The maximum atomic E-state index is 12.7. The molecule has 41 heavy (non-hydrogen) atoms. The maximum Gasteiger partial charge on any atom is 0.453 e. The van der Waals surface area contributed by atoms with E-state index < -0.39 is 109 Å². The Morgan fingerprint density at radius 2 is 1.10 bits per heavy atom. The van der Waals surface area contributed by atoms with Gasteiger partial charge in [0.1, 0.15) is 12.4 Å². The van der Waals surface area contributed by atoms with Gasteiger partial charge in [-0.3, -0.25) is 9.59 Å². The summed E-state index contributed by atoms with van der Waals surface area (Å²) in [6, 6.07) is 0. The van der Waals surface area contributed by atoms with E-state index >= 15 is 0 Å². The minimum atomic E-state index is -5.79. The predicted octanol–water partition coefficient (Wildman–Crippen LogP) is 4.98. The Hall–Kier alpha value is -4.14. The second-order valence-electron chi connectivity index (χ2n) is 7.91. The van der Waals surface area contributed by atoms with Gasteiger partial charge in [-0.25, -0.2) is 27.9 Å². The molecule has 0 unspecified atom stereocenters. The molecule has 0 radical (unpaired) electrons. The number of halogens is 10. The van der Waals surface area contributed by atoms with E-state index in [-0.39, 0.29) is 5.82 Å². The number of rotatable bonds is 13. The average Bonchev–Trinajstić information content (AvgIpc) is 3.44. The van der Waals surface area contributed by atoms with Crippen molar-refractivity contribution in [2.75, 3.05) is 0 Å². The number of hydrogen-bond acceptors (Lipinski definition) is 8. The molecule has 2 rings (SSSR count). The Bertz CT molecular complexity index is 1240. The van der Waals surface area contributed by atoms with Crippen molar-refractivity contribution in [2.45, 2.75) is 70.4 Å². The molecule has 0 aliphatic rings. The third-order valence-corrected chi connectivity index (χ3v) is 4.94. The molecule has 0 N–H and O–H groups in total. The molecule has 0 amide bonds. The van der Waals surface area contributed by atoms with Crippen LogP contribution in [0.15, 0.2) is 12.4 Å². The first kappa shape index (κ1) is 34.9. The highest BCUT2D eigenvalue weighted by Crippen LogP contribution is 2.39. The molecule has 0 atom stereocenters. The van der Waals surface area contributed by atoms with Gasteiger partial charge >= 0.3 is 29.9 Å². The van der Waals surface area contributed by atoms with Gasteiger partial charge in [-0.1, -0.05) is 0 Å². The summed E-state index contributed by atoms with van der Waals surface area (Å²) in [5, 5.41) is 21.2. The Kier molecular flexibility index (Phi) is 11.9. The van der Waals surface area contributed by atoms with Crippen LogP contribution in [0.25, 0.3) is 0 Å². The predicted molar refractivity (Wildman–Crippen MR) is 113 cm³/mol. The second kappa shape index (κ2) is 14.0. The van der Waals surface area contributed by atoms with Crippen molar-refractivity contribution in [1.82, 2.24) is 19.1 Å². The molecule has 0 saturated carbocycles. The van der Waals surface area contributed by atoms with Gasteiger partial charge in [0, 0.05) is 19.3 Å². The first-order valence-corrected chi connectivity index (χ1v) is 10.8. The number of Topliss-reactive ketones (excluding diaryl/α,β-unsaturated/α-hetero) is 2. The van der Waals surface area contributed by atoms with Crippen molar-refractivity contribution in [2.24, 2.45) is 0 Å². The van der Waals surface area contributed by atoms with Crippen molar-refractivity contribution in [3.05, 3.63) is 44.3 Å². The minimum absolute atomic E-state index is 0.368. The van der Waals surface area contributed by atoms with Crippen LogP contribution in [0.1, 0.15) is 37.3 Å². The van der Waals surface area contributed by atoms with Crippen LogP contribution in [-0.4, -0.2) is 58.8 Å². The van der Waals surface area contributed by atoms with Crippen molar-refractivity contribution in [1.29, 1.82) is 0 Å². The van der Waals surface area contributed by atoms with E-state index in [1.54, 1.807) is 0 Å². The van der Waals surface area contributed by atoms with Gasteiger partial charge in [-0.05, 0) is 9.85 Å². The lowest BCUT2D eigenvalue weighted by molar-refractivity contribution is -0.392. The number of aromatic nitrogens is 4. The Labute approximate surface area is 221 Å². The molecule has 230 valence electrons. The number of ketones is 2. The van der Waals surface area contributed by atoms with E-state index in [1.807, 2.05) is 0 Å². The van der Waals surface area contributed by atoms with E-state index in [4.69, 9.17) is 0 Å². The molecule has 12 nitrogen and oxygen atoms in total. The van der Waals surface area contributed by atoms with Gasteiger partial charge in [0.2, 0.25) is 11.6 Å². The number of carbonyl (C=O) groups is 2. The van der Waals surface area contributed by atoms with Crippen molar-refractivity contribution in [3.63, 3.8) is 0 Å². The van der Waals surface area contributed by atoms with Crippen LogP contribution in [0.5, 0.6) is 0 Å². The minimum Gasteiger partial charge on any atom is -0.358 e. The highest BCUT2D eigenvalue weighted by molar-refractivity contribution is 5.79. The fourth-order valence-corrected chi connectivity index (χ4v) is 2.89. The lowest BCUT2D eigenvalue weighted by atomic mass is 10.1. The van der Waals surface area contributed by atoms with Crippen molar-refractivity contribution in [3.8, 4) is 0 Å². The first-order valence-electron chi connectivity index (χ1n) is 10.8. The Morgan fingerprint density at radius 1 is 0.732 bits per heavy atom. The quantitative estimate of drug-likeness (QED) is 0.173. The zero-order valence-electron chi connectivity index (χ0n) is 20.2. The van der Waals surface area contributed by atoms with Gasteiger partial charge in [-0.2, -0.15) is 35.1 Å². The monoisotopic (exact) mass is 616 g/mol. The van der Waals surface area contributed by atoms with E-state index in [1.165, 1.54) is 0 Å². The normalized spacial score (nSPS) is 12.0. The third-order valence-electron chi connectivity index (χ3n) is 4.94. The van der Waals surface area contributed by atoms with Gasteiger partial charge in [0.25, 0.3) is 0 Å². The number of hydrogen-bond donors (Lipinski definition) is 0. The van der Waals surface area contributed by atoms with Crippen LogP contribution in [0.4, 0.5) is 55.5 Å². The summed E-state index contributed by atoms with van der Waals surface area (Å²) in [7, 11) is 0. The molecule has 2 heterocycles. The van der Waals surface area contributed by atoms with Crippen LogP contribution >= 0.6 is 0 Å². The Balaban J connectivity index is 0.000000414. The molecule has 2 aromatic heterocycles. The van der Waals surface area contributed by atoms with E-state index in [0.29, 0.717) is 15.3 Å². The molecule has 0 fully saturated rings. The molecular weight excluding hydrogens is 598 g/mol. The number of alkyl halides is 10. The summed E-state index contributed by atoms with van der Waals surface area (Å²) in [6.07, 6.45) is -14.0. The van der Waals surface area contributed by atoms with Crippen molar-refractivity contribution < 1.29 is 63.3 Å².